The van der Waals surface area contributed by atoms with Crippen molar-refractivity contribution in [1.29, 1.82) is 0 Å². The molecule has 0 atom stereocenters. The zero-order chi connectivity index (χ0) is 14.7. The summed E-state index contributed by atoms with van der Waals surface area (Å²) in [5.41, 5.74) is 0.941. The molecule has 2 rings (SSSR count). The summed E-state index contributed by atoms with van der Waals surface area (Å²) in [5, 5.41) is 12.8. The normalized spacial score (nSPS) is 10.2. The zero-order valence-electron chi connectivity index (χ0n) is 10.1. The molecule has 20 heavy (non-hydrogen) atoms. The molecule has 0 aliphatic rings. The van der Waals surface area contributed by atoms with Crippen LogP contribution in [-0.2, 0) is 4.79 Å². The third-order valence-corrected chi connectivity index (χ3v) is 3.46. The summed E-state index contributed by atoms with van der Waals surface area (Å²) in [5.74, 6) is -0.662. The Labute approximate surface area is 128 Å². The van der Waals surface area contributed by atoms with Crippen LogP contribution in [0.5, 0.6) is 0 Å². The van der Waals surface area contributed by atoms with Crippen LogP contribution < -0.4 is 10.6 Å². The highest BCUT2D eigenvalue weighted by molar-refractivity contribution is 7.17. The van der Waals surface area contributed by atoms with Gasteiger partial charge in [0.25, 0.3) is 5.91 Å². The third kappa shape index (κ3) is 3.66. The zero-order valence-corrected chi connectivity index (χ0v) is 12.4. The van der Waals surface area contributed by atoms with Crippen LogP contribution in [0.4, 0.5) is 11.4 Å². The van der Waals surface area contributed by atoms with Gasteiger partial charge in [-0.25, -0.2) is 0 Å². The van der Waals surface area contributed by atoms with Gasteiger partial charge in [0, 0.05) is 12.6 Å². The molecular weight excluding hydrogens is 323 g/mol. The highest BCUT2D eigenvalue weighted by atomic mass is 35.5. The maximum absolute atomic E-state index is 11.8. The number of hydrogen-bond donors (Lipinski definition) is 2. The fraction of sp³-hybridized carbons (Fsp3) is 0.0909. The Morgan fingerprint density at radius 1 is 1.20 bits per heavy atom. The molecular formula is C11H8Cl2N4O2S. The second-order valence-corrected chi connectivity index (χ2v) is 5.66. The molecule has 0 spiro atoms. The summed E-state index contributed by atoms with van der Waals surface area (Å²) in [6.45, 7) is 1.38. The summed E-state index contributed by atoms with van der Waals surface area (Å²) in [6, 6.07) is 4.72. The van der Waals surface area contributed by atoms with E-state index in [2.05, 4.69) is 20.8 Å². The Balaban J connectivity index is 2.12. The molecule has 0 radical (unpaired) electrons. The molecule has 0 fully saturated rings. The van der Waals surface area contributed by atoms with Crippen molar-refractivity contribution in [3.05, 3.63) is 32.7 Å². The molecule has 6 nitrogen and oxygen atoms in total. The average Bonchev–Trinajstić information content (AvgIpc) is 2.79. The number of benzene rings is 1. The number of hydrogen-bond acceptors (Lipinski definition) is 5. The first-order valence-electron chi connectivity index (χ1n) is 5.33. The molecule has 1 heterocycles. The molecule has 2 amide bonds. The van der Waals surface area contributed by atoms with E-state index in [1.54, 1.807) is 12.1 Å². The minimum absolute atomic E-state index is 0.150. The van der Waals surface area contributed by atoms with Gasteiger partial charge in [-0.1, -0.05) is 22.9 Å². The predicted octanol–water partition coefficient (Wildman–Crippen LogP) is 3.06. The average molecular weight is 331 g/mol. The lowest BCUT2D eigenvalue weighted by molar-refractivity contribution is -0.114. The van der Waals surface area contributed by atoms with Crippen LogP contribution in [0.15, 0.2) is 18.2 Å². The van der Waals surface area contributed by atoms with Gasteiger partial charge in [0.2, 0.25) is 15.4 Å². The van der Waals surface area contributed by atoms with E-state index >= 15 is 0 Å². The van der Waals surface area contributed by atoms with E-state index in [0.717, 1.165) is 11.3 Å². The van der Waals surface area contributed by atoms with Crippen molar-refractivity contribution in [2.75, 3.05) is 10.6 Å². The van der Waals surface area contributed by atoms with Gasteiger partial charge < -0.3 is 10.6 Å². The molecule has 2 N–H and O–H groups in total. The number of rotatable bonds is 3. The van der Waals surface area contributed by atoms with Gasteiger partial charge >= 0.3 is 0 Å². The summed E-state index contributed by atoms with van der Waals surface area (Å²) in [6.07, 6.45) is 0. The first kappa shape index (κ1) is 14.7. The van der Waals surface area contributed by atoms with Gasteiger partial charge in [-0.05, 0) is 29.8 Å². The number of carbonyl (C=O) groups excluding carboxylic acids is 2. The number of nitrogens with zero attached hydrogens (tertiary/aromatic N) is 2. The van der Waals surface area contributed by atoms with Crippen molar-refractivity contribution in [3.8, 4) is 0 Å². The number of amides is 2. The highest BCUT2D eigenvalue weighted by Gasteiger charge is 2.13. The predicted molar refractivity (Wildman–Crippen MR) is 78.6 cm³/mol. The lowest BCUT2D eigenvalue weighted by Gasteiger charge is -2.08. The van der Waals surface area contributed by atoms with Crippen molar-refractivity contribution in [2.24, 2.45) is 0 Å². The van der Waals surface area contributed by atoms with E-state index < -0.39 is 5.91 Å². The van der Waals surface area contributed by atoms with Crippen LogP contribution in [0.1, 0.15) is 16.7 Å². The fourth-order valence-electron chi connectivity index (χ4n) is 1.37. The molecule has 1 aromatic carbocycles. The SMILES string of the molecule is CC(=O)Nc1ccc(NC(=O)c2nnc(Cl)s2)cc1Cl. The van der Waals surface area contributed by atoms with Crippen molar-refractivity contribution in [3.63, 3.8) is 0 Å². The number of carbonyl (C=O) groups is 2. The standard InChI is InChI=1S/C11H8Cl2N4O2S/c1-5(18)14-8-3-2-6(4-7(8)12)15-9(19)10-16-17-11(13)20-10/h2-4H,1H3,(H,14,18)(H,15,19). The van der Waals surface area contributed by atoms with Gasteiger partial charge in [-0.15, -0.1) is 10.2 Å². The Morgan fingerprint density at radius 3 is 2.50 bits per heavy atom. The fourth-order valence-corrected chi connectivity index (χ4v) is 2.32. The van der Waals surface area contributed by atoms with Crippen LogP contribution >= 0.6 is 34.5 Å². The van der Waals surface area contributed by atoms with Crippen LogP contribution in [-0.4, -0.2) is 22.0 Å². The monoisotopic (exact) mass is 330 g/mol. The molecule has 0 saturated carbocycles. The highest BCUT2D eigenvalue weighted by Crippen LogP contribution is 2.26. The second-order valence-electron chi connectivity index (χ2n) is 3.69. The lowest BCUT2D eigenvalue weighted by atomic mass is 10.2. The molecule has 2 aromatic rings. The second kappa shape index (κ2) is 6.17. The van der Waals surface area contributed by atoms with Crippen molar-refractivity contribution < 1.29 is 9.59 Å². The first-order valence-corrected chi connectivity index (χ1v) is 6.90. The molecule has 0 aliphatic carbocycles. The minimum atomic E-state index is -0.433. The number of nitrogens with one attached hydrogen (secondary N) is 2. The van der Waals surface area contributed by atoms with E-state index in [9.17, 15) is 9.59 Å². The van der Waals surface area contributed by atoms with E-state index in [4.69, 9.17) is 23.2 Å². The van der Waals surface area contributed by atoms with Crippen LogP contribution in [0.2, 0.25) is 9.49 Å². The summed E-state index contributed by atoms with van der Waals surface area (Å²) >= 11 is 12.6. The van der Waals surface area contributed by atoms with E-state index in [1.165, 1.54) is 13.0 Å². The Hall–Kier alpha value is -1.70. The number of aromatic nitrogens is 2. The van der Waals surface area contributed by atoms with Crippen LogP contribution in [0, 0.1) is 0 Å². The van der Waals surface area contributed by atoms with E-state index in [-0.39, 0.29) is 15.4 Å². The number of halogens is 2. The summed E-state index contributed by atoms with van der Waals surface area (Å²) in [7, 11) is 0. The summed E-state index contributed by atoms with van der Waals surface area (Å²) < 4.78 is 0.189. The molecule has 1 aromatic heterocycles. The molecule has 0 aliphatic heterocycles. The van der Waals surface area contributed by atoms with Gasteiger partial charge in [-0.2, -0.15) is 0 Å². The van der Waals surface area contributed by atoms with Crippen molar-refractivity contribution >= 4 is 57.7 Å². The molecule has 0 saturated heterocycles. The Bertz CT molecular complexity index is 674. The quantitative estimate of drug-likeness (QED) is 0.905. The van der Waals surface area contributed by atoms with Gasteiger partial charge in [-0.3, -0.25) is 9.59 Å². The maximum atomic E-state index is 11.8. The first-order chi connectivity index (χ1) is 9.45. The van der Waals surface area contributed by atoms with Crippen LogP contribution in [0.25, 0.3) is 0 Å². The Morgan fingerprint density at radius 2 is 1.95 bits per heavy atom. The van der Waals surface area contributed by atoms with E-state index in [1.807, 2.05) is 0 Å². The molecule has 0 unspecified atom stereocenters. The van der Waals surface area contributed by atoms with Crippen LogP contribution in [0.3, 0.4) is 0 Å². The van der Waals surface area contributed by atoms with Crippen molar-refractivity contribution in [1.82, 2.24) is 10.2 Å². The Kier molecular flexibility index (Phi) is 4.53. The smallest absolute Gasteiger partial charge is 0.286 e. The van der Waals surface area contributed by atoms with Crippen molar-refractivity contribution in [2.45, 2.75) is 6.92 Å². The van der Waals surface area contributed by atoms with Gasteiger partial charge in [0.1, 0.15) is 0 Å². The molecule has 104 valence electrons. The molecule has 9 heteroatoms. The summed E-state index contributed by atoms with van der Waals surface area (Å²) in [4.78, 5) is 22.8. The molecule has 0 bridgehead atoms. The topological polar surface area (TPSA) is 84.0 Å². The lowest BCUT2D eigenvalue weighted by Crippen LogP contribution is -2.12. The van der Waals surface area contributed by atoms with Gasteiger partial charge in [0.05, 0.1) is 10.7 Å². The third-order valence-electron chi connectivity index (χ3n) is 2.13. The van der Waals surface area contributed by atoms with Gasteiger partial charge in [0.15, 0.2) is 0 Å². The largest absolute Gasteiger partial charge is 0.325 e. The maximum Gasteiger partial charge on any atom is 0.286 e. The number of anilines is 2. The minimum Gasteiger partial charge on any atom is -0.325 e. The van der Waals surface area contributed by atoms with E-state index in [0.29, 0.717) is 16.4 Å².